The van der Waals surface area contributed by atoms with E-state index in [0.717, 1.165) is 28.3 Å². The number of ether oxygens (including phenoxy) is 1. The fourth-order valence-corrected chi connectivity index (χ4v) is 3.64. The van der Waals surface area contributed by atoms with Crippen LogP contribution < -0.4 is 4.74 Å². The van der Waals surface area contributed by atoms with Gasteiger partial charge >= 0.3 is 0 Å². The van der Waals surface area contributed by atoms with E-state index in [1.807, 2.05) is 67.4 Å². The lowest BCUT2D eigenvalue weighted by Crippen LogP contribution is -2.05. The molecule has 0 fully saturated rings. The fraction of sp³-hybridized carbons (Fsp3) is 0.316. The molecule has 0 spiro atoms. The summed E-state index contributed by atoms with van der Waals surface area (Å²) in [5.41, 5.74) is 3.70. The standard InChI is InChI=1S/C19H22N4O2S/c1-12-10-15(13(2)22(12)3)16(24)11-26-19-21-20-18(23(19)4)14-8-6-7-9-17(14)25-5/h6-10H,11H2,1-5H3. The molecular weight excluding hydrogens is 348 g/mol. The molecule has 0 bridgehead atoms. The van der Waals surface area contributed by atoms with E-state index in [1.165, 1.54) is 11.8 Å². The summed E-state index contributed by atoms with van der Waals surface area (Å²) in [6, 6.07) is 9.62. The molecule has 136 valence electrons. The molecule has 0 aliphatic carbocycles. The molecular formula is C19H22N4O2S. The number of nitrogens with zero attached hydrogens (tertiary/aromatic N) is 4. The van der Waals surface area contributed by atoms with Gasteiger partial charge in [-0.2, -0.15) is 0 Å². The van der Waals surface area contributed by atoms with Gasteiger partial charge in [-0.15, -0.1) is 10.2 Å². The quantitative estimate of drug-likeness (QED) is 0.491. The number of methoxy groups -OCH3 is 1. The molecule has 1 aromatic carbocycles. The van der Waals surface area contributed by atoms with Crippen molar-refractivity contribution in [2.45, 2.75) is 19.0 Å². The molecule has 0 atom stereocenters. The van der Waals surface area contributed by atoms with Gasteiger partial charge in [0.1, 0.15) is 5.75 Å². The Bertz CT molecular complexity index is 959. The van der Waals surface area contributed by atoms with Crippen LogP contribution in [0.25, 0.3) is 11.4 Å². The molecule has 2 aromatic heterocycles. The number of aromatic nitrogens is 4. The smallest absolute Gasteiger partial charge is 0.191 e. The molecule has 3 rings (SSSR count). The third kappa shape index (κ3) is 3.26. The molecule has 0 unspecified atom stereocenters. The van der Waals surface area contributed by atoms with Gasteiger partial charge in [-0.25, -0.2) is 0 Å². The maximum Gasteiger partial charge on any atom is 0.191 e. The number of carbonyl (C=O) groups excluding carboxylic acids is 1. The lowest BCUT2D eigenvalue weighted by Gasteiger charge is -2.08. The van der Waals surface area contributed by atoms with Crippen LogP contribution in [0.4, 0.5) is 0 Å². The summed E-state index contributed by atoms with van der Waals surface area (Å²) in [6.07, 6.45) is 0. The molecule has 0 saturated heterocycles. The number of benzene rings is 1. The fourth-order valence-electron chi connectivity index (χ4n) is 2.85. The minimum atomic E-state index is 0.0954. The van der Waals surface area contributed by atoms with Crippen molar-refractivity contribution in [1.82, 2.24) is 19.3 Å². The Balaban J connectivity index is 1.79. The predicted octanol–water partition coefficient (Wildman–Crippen LogP) is 3.42. The van der Waals surface area contributed by atoms with Crippen LogP contribution in [0.1, 0.15) is 21.7 Å². The van der Waals surface area contributed by atoms with E-state index in [0.29, 0.717) is 16.7 Å². The summed E-state index contributed by atoms with van der Waals surface area (Å²) in [6.45, 7) is 3.96. The van der Waals surface area contributed by atoms with Gasteiger partial charge in [-0.3, -0.25) is 4.79 Å². The lowest BCUT2D eigenvalue weighted by atomic mass is 10.2. The third-order valence-electron chi connectivity index (χ3n) is 4.59. The predicted molar refractivity (Wildman–Crippen MR) is 103 cm³/mol. The molecule has 0 saturated carbocycles. The van der Waals surface area contributed by atoms with Crippen molar-refractivity contribution >= 4 is 17.5 Å². The van der Waals surface area contributed by atoms with E-state index < -0.39 is 0 Å². The van der Waals surface area contributed by atoms with Gasteiger partial charge in [-0.05, 0) is 32.0 Å². The Labute approximate surface area is 157 Å². The van der Waals surface area contributed by atoms with Crippen LogP contribution >= 0.6 is 11.8 Å². The minimum Gasteiger partial charge on any atom is -0.496 e. The van der Waals surface area contributed by atoms with Crippen molar-refractivity contribution in [3.05, 3.63) is 47.3 Å². The Morgan fingerprint density at radius 2 is 1.88 bits per heavy atom. The Morgan fingerprint density at radius 3 is 2.54 bits per heavy atom. The van der Waals surface area contributed by atoms with Crippen LogP contribution in [-0.2, 0) is 14.1 Å². The molecule has 0 aliphatic heterocycles. The molecule has 3 aromatic rings. The second-order valence-electron chi connectivity index (χ2n) is 6.12. The van der Waals surface area contributed by atoms with E-state index in [2.05, 4.69) is 10.2 Å². The molecule has 7 heteroatoms. The first-order chi connectivity index (χ1) is 12.4. The molecule has 0 N–H and O–H groups in total. The van der Waals surface area contributed by atoms with Crippen molar-refractivity contribution < 1.29 is 9.53 Å². The summed E-state index contributed by atoms with van der Waals surface area (Å²) in [5.74, 6) is 1.87. The van der Waals surface area contributed by atoms with Gasteiger partial charge < -0.3 is 13.9 Å². The van der Waals surface area contributed by atoms with Crippen LogP contribution in [0, 0.1) is 13.8 Å². The number of hydrogen-bond acceptors (Lipinski definition) is 5. The average Bonchev–Trinajstić information content (AvgIpc) is 3.14. The summed E-state index contributed by atoms with van der Waals surface area (Å²) in [7, 11) is 5.50. The van der Waals surface area contributed by atoms with E-state index in [1.54, 1.807) is 7.11 Å². The third-order valence-corrected chi connectivity index (χ3v) is 5.61. The van der Waals surface area contributed by atoms with Crippen molar-refractivity contribution in [2.75, 3.05) is 12.9 Å². The number of thioether (sulfide) groups is 1. The first-order valence-electron chi connectivity index (χ1n) is 8.25. The van der Waals surface area contributed by atoms with Crippen LogP contribution in [-0.4, -0.2) is 38.0 Å². The number of para-hydroxylation sites is 1. The van der Waals surface area contributed by atoms with Gasteiger partial charge in [0, 0.05) is 31.0 Å². The largest absolute Gasteiger partial charge is 0.496 e. The minimum absolute atomic E-state index is 0.0954. The van der Waals surface area contributed by atoms with E-state index >= 15 is 0 Å². The zero-order chi connectivity index (χ0) is 18.8. The summed E-state index contributed by atoms with van der Waals surface area (Å²) in [5, 5.41) is 9.22. The van der Waals surface area contributed by atoms with E-state index in [4.69, 9.17) is 4.74 Å². The normalized spacial score (nSPS) is 11.0. The number of aryl methyl sites for hydroxylation is 1. The molecule has 0 radical (unpaired) electrons. The molecule has 6 nitrogen and oxygen atoms in total. The Morgan fingerprint density at radius 1 is 1.15 bits per heavy atom. The first-order valence-corrected chi connectivity index (χ1v) is 9.24. The van der Waals surface area contributed by atoms with Gasteiger partial charge in [0.05, 0.1) is 18.4 Å². The van der Waals surface area contributed by atoms with Crippen molar-refractivity contribution in [2.24, 2.45) is 14.1 Å². The van der Waals surface area contributed by atoms with Crippen LogP contribution in [0.2, 0.25) is 0 Å². The summed E-state index contributed by atoms with van der Waals surface area (Å²) >= 11 is 1.39. The van der Waals surface area contributed by atoms with Gasteiger partial charge in [0.25, 0.3) is 0 Å². The number of hydrogen-bond donors (Lipinski definition) is 0. The van der Waals surface area contributed by atoms with Gasteiger partial charge in [-0.1, -0.05) is 23.9 Å². The highest BCUT2D eigenvalue weighted by Crippen LogP contribution is 2.30. The number of ketones is 1. The monoisotopic (exact) mass is 370 g/mol. The van der Waals surface area contributed by atoms with Crippen LogP contribution in [0.15, 0.2) is 35.5 Å². The Kier molecular flexibility index (Phi) is 5.18. The maximum absolute atomic E-state index is 12.6. The Hall–Kier alpha value is -2.54. The highest BCUT2D eigenvalue weighted by molar-refractivity contribution is 7.99. The molecule has 0 amide bonds. The van der Waals surface area contributed by atoms with Crippen molar-refractivity contribution in [3.63, 3.8) is 0 Å². The molecule has 0 aliphatic rings. The second kappa shape index (κ2) is 7.37. The summed E-state index contributed by atoms with van der Waals surface area (Å²) < 4.78 is 9.32. The van der Waals surface area contributed by atoms with Gasteiger partial charge in [0.2, 0.25) is 0 Å². The van der Waals surface area contributed by atoms with Crippen LogP contribution in [0.3, 0.4) is 0 Å². The van der Waals surface area contributed by atoms with E-state index in [-0.39, 0.29) is 5.78 Å². The number of carbonyl (C=O) groups is 1. The zero-order valence-electron chi connectivity index (χ0n) is 15.6. The number of rotatable bonds is 6. The lowest BCUT2D eigenvalue weighted by molar-refractivity contribution is 0.102. The highest BCUT2D eigenvalue weighted by Gasteiger charge is 2.18. The van der Waals surface area contributed by atoms with Crippen molar-refractivity contribution in [3.8, 4) is 17.1 Å². The van der Waals surface area contributed by atoms with Crippen LogP contribution in [0.5, 0.6) is 5.75 Å². The first kappa shape index (κ1) is 18.3. The highest BCUT2D eigenvalue weighted by atomic mass is 32.2. The topological polar surface area (TPSA) is 61.9 Å². The van der Waals surface area contributed by atoms with Gasteiger partial charge in [0.15, 0.2) is 16.8 Å². The summed E-state index contributed by atoms with van der Waals surface area (Å²) in [4.78, 5) is 12.6. The molecule has 2 heterocycles. The zero-order valence-corrected chi connectivity index (χ0v) is 16.4. The second-order valence-corrected chi connectivity index (χ2v) is 7.06. The SMILES string of the molecule is COc1ccccc1-c1nnc(SCC(=O)c2cc(C)n(C)c2C)n1C. The van der Waals surface area contributed by atoms with E-state index in [9.17, 15) is 4.79 Å². The maximum atomic E-state index is 12.6. The molecule has 26 heavy (non-hydrogen) atoms. The number of Topliss-reactive ketones (excluding diaryl/α,β-unsaturated/α-hetero) is 1. The van der Waals surface area contributed by atoms with Crippen molar-refractivity contribution in [1.29, 1.82) is 0 Å². The average molecular weight is 370 g/mol.